The molecule has 126 valence electrons. The lowest BCUT2D eigenvalue weighted by Gasteiger charge is -2.12. The van der Waals surface area contributed by atoms with Gasteiger partial charge in [0.25, 0.3) is 0 Å². The van der Waals surface area contributed by atoms with Crippen LogP contribution in [0.2, 0.25) is 0 Å². The molecular weight excluding hydrogens is 308 g/mol. The quantitative estimate of drug-likeness (QED) is 0.577. The highest BCUT2D eigenvalue weighted by molar-refractivity contribution is 5.67. The molecule has 3 rings (SSSR count). The molecule has 0 aromatic heterocycles. The Morgan fingerprint density at radius 1 is 0.800 bits per heavy atom. The summed E-state index contributed by atoms with van der Waals surface area (Å²) in [5.74, 6) is 0.928. The lowest BCUT2D eigenvalue weighted by molar-refractivity contribution is -0.107. The molecule has 25 heavy (non-hydrogen) atoms. The van der Waals surface area contributed by atoms with Gasteiger partial charge in [-0.25, -0.2) is 0 Å². The van der Waals surface area contributed by atoms with Crippen molar-refractivity contribution in [2.45, 2.75) is 19.3 Å². The van der Waals surface area contributed by atoms with Gasteiger partial charge in [0.2, 0.25) is 0 Å². The lowest BCUT2D eigenvalue weighted by atomic mass is 9.97. The molecule has 0 saturated carbocycles. The monoisotopic (exact) mass is 330 g/mol. The molecule has 0 bridgehead atoms. The second-order valence-corrected chi connectivity index (χ2v) is 6.08. The predicted octanol–water partition coefficient (Wildman–Crippen LogP) is 4.89. The number of aryl methyl sites for hydroxylation is 2. The fraction of sp³-hybridized carbons (Fsp3) is 0.174. The molecule has 0 radical (unpaired) electrons. The molecule has 2 heteroatoms. The number of benzene rings is 3. The fourth-order valence-electron chi connectivity index (χ4n) is 3.01. The van der Waals surface area contributed by atoms with E-state index in [1.807, 2.05) is 24.3 Å². The van der Waals surface area contributed by atoms with Gasteiger partial charge < -0.3 is 9.53 Å². The number of hydrogen-bond donors (Lipinski definition) is 0. The number of carbonyl (C=O) groups excluding carboxylic acids is 1. The number of carbonyl (C=O) groups is 1. The van der Waals surface area contributed by atoms with E-state index < -0.39 is 0 Å². The second kappa shape index (κ2) is 8.29. The van der Waals surface area contributed by atoms with Crippen LogP contribution in [-0.4, -0.2) is 13.4 Å². The maximum absolute atomic E-state index is 10.6. The largest absolute Gasteiger partial charge is 0.496 e. The Labute approximate surface area is 149 Å². The summed E-state index contributed by atoms with van der Waals surface area (Å²) in [6, 6.07) is 25.0. The molecule has 0 unspecified atom stereocenters. The SMILES string of the molecule is COc1ccc(-c2ccc(CC=O)cc2)cc1CCc1ccccc1. The van der Waals surface area contributed by atoms with E-state index in [4.69, 9.17) is 4.74 Å². The van der Waals surface area contributed by atoms with Crippen LogP contribution in [0.15, 0.2) is 72.8 Å². The minimum atomic E-state index is 0.464. The van der Waals surface area contributed by atoms with Crippen LogP contribution in [0.5, 0.6) is 5.75 Å². The predicted molar refractivity (Wildman–Crippen MR) is 102 cm³/mol. The van der Waals surface area contributed by atoms with Gasteiger partial charge in [0.1, 0.15) is 12.0 Å². The zero-order valence-corrected chi connectivity index (χ0v) is 14.4. The van der Waals surface area contributed by atoms with Crippen LogP contribution in [0.4, 0.5) is 0 Å². The molecule has 0 aliphatic heterocycles. The highest BCUT2D eigenvalue weighted by atomic mass is 16.5. The summed E-state index contributed by atoms with van der Waals surface area (Å²) in [7, 11) is 1.72. The van der Waals surface area contributed by atoms with E-state index in [0.29, 0.717) is 6.42 Å². The summed E-state index contributed by atoms with van der Waals surface area (Å²) in [5, 5.41) is 0. The summed E-state index contributed by atoms with van der Waals surface area (Å²) in [5.41, 5.74) is 5.89. The van der Waals surface area contributed by atoms with Crippen LogP contribution in [0, 0.1) is 0 Å². The van der Waals surface area contributed by atoms with E-state index >= 15 is 0 Å². The Balaban J connectivity index is 1.82. The van der Waals surface area contributed by atoms with Gasteiger partial charge in [-0.05, 0) is 52.8 Å². The molecule has 0 aliphatic carbocycles. The Morgan fingerprint density at radius 3 is 2.20 bits per heavy atom. The van der Waals surface area contributed by atoms with Gasteiger partial charge in [-0.2, -0.15) is 0 Å². The summed E-state index contributed by atoms with van der Waals surface area (Å²) in [4.78, 5) is 10.6. The fourth-order valence-corrected chi connectivity index (χ4v) is 3.01. The average molecular weight is 330 g/mol. The van der Waals surface area contributed by atoms with Crippen molar-refractivity contribution in [2.75, 3.05) is 7.11 Å². The number of hydrogen-bond acceptors (Lipinski definition) is 2. The number of ether oxygens (including phenoxy) is 1. The van der Waals surface area contributed by atoms with Crippen LogP contribution in [0.3, 0.4) is 0 Å². The Kier molecular flexibility index (Phi) is 5.63. The van der Waals surface area contributed by atoms with E-state index in [-0.39, 0.29) is 0 Å². The van der Waals surface area contributed by atoms with E-state index in [9.17, 15) is 4.79 Å². The Morgan fingerprint density at radius 2 is 1.52 bits per heavy atom. The first kappa shape index (κ1) is 17.0. The van der Waals surface area contributed by atoms with Gasteiger partial charge in [-0.3, -0.25) is 0 Å². The molecule has 0 heterocycles. The molecule has 0 aliphatic rings. The van der Waals surface area contributed by atoms with Crippen LogP contribution >= 0.6 is 0 Å². The molecule has 0 fully saturated rings. The summed E-state index contributed by atoms with van der Waals surface area (Å²) in [6.07, 6.45) is 3.32. The van der Waals surface area contributed by atoms with Crippen molar-refractivity contribution in [2.24, 2.45) is 0 Å². The van der Waals surface area contributed by atoms with Crippen molar-refractivity contribution in [3.63, 3.8) is 0 Å². The average Bonchev–Trinajstić information content (AvgIpc) is 2.68. The minimum Gasteiger partial charge on any atom is -0.496 e. The zero-order chi connectivity index (χ0) is 17.5. The van der Waals surface area contributed by atoms with Gasteiger partial charge in [0, 0.05) is 6.42 Å². The Bertz CT molecular complexity index is 820. The molecule has 3 aromatic carbocycles. The molecular formula is C23H22O2. The van der Waals surface area contributed by atoms with E-state index in [1.165, 1.54) is 16.7 Å². The van der Waals surface area contributed by atoms with Crippen molar-refractivity contribution in [3.05, 3.63) is 89.5 Å². The topological polar surface area (TPSA) is 26.3 Å². The first-order valence-electron chi connectivity index (χ1n) is 8.54. The summed E-state index contributed by atoms with van der Waals surface area (Å²) >= 11 is 0. The van der Waals surface area contributed by atoms with Gasteiger partial charge >= 0.3 is 0 Å². The van der Waals surface area contributed by atoms with Crippen LogP contribution in [0.25, 0.3) is 11.1 Å². The van der Waals surface area contributed by atoms with Crippen molar-refractivity contribution in [3.8, 4) is 16.9 Å². The first-order valence-corrected chi connectivity index (χ1v) is 8.54. The van der Waals surface area contributed by atoms with Gasteiger partial charge in [0.15, 0.2) is 0 Å². The third-order valence-electron chi connectivity index (χ3n) is 4.41. The summed E-state index contributed by atoms with van der Waals surface area (Å²) in [6.45, 7) is 0. The molecule has 0 saturated heterocycles. The standard InChI is InChI=1S/C23H22O2/c1-25-23-14-13-21(20-10-7-19(8-11-20)15-16-24)17-22(23)12-9-18-5-3-2-4-6-18/h2-8,10-11,13-14,16-17H,9,12,15H2,1H3. The highest BCUT2D eigenvalue weighted by Gasteiger charge is 2.07. The van der Waals surface area contributed by atoms with E-state index in [2.05, 4.69) is 48.5 Å². The minimum absolute atomic E-state index is 0.464. The normalized spacial score (nSPS) is 10.4. The molecule has 0 amide bonds. The maximum Gasteiger partial charge on any atom is 0.124 e. The Hall–Kier alpha value is -2.87. The zero-order valence-electron chi connectivity index (χ0n) is 14.4. The van der Waals surface area contributed by atoms with Crippen molar-refractivity contribution >= 4 is 6.29 Å². The van der Waals surface area contributed by atoms with Crippen LogP contribution in [-0.2, 0) is 24.1 Å². The maximum atomic E-state index is 10.6. The summed E-state index contributed by atoms with van der Waals surface area (Å²) < 4.78 is 5.54. The molecule has 2 nitrogen and oxygen atoms in total. The molecule has 0 atom stereocenters. The lowest BCUT2D eigenvalue weighted by Crippen LogP contribution is -1.96. The van der Waals surface area contributed by atoms with Crippen LogP contribution < -0.4 is 4.74 Å². The molecule has 0 N–H and O–H groups in total. The first-order chi connectivity index (χ1) is 12.3. The number of methoxy groups -OCH3 is 1. The van der Waals surface area contributed by atoms with Gasteiger partial charge in [-0.1, -0.05) is 60.7 Å². The van der Waals surface area contributed by atoms with Crippen LogP contribution in [0.1, 0.15) is 16.7 Å². The molecule has 0 spiro atoms. The molecule has 3 aromatic rings. The number of aldehydes is 1. The van der Waals surface area contributed by atoms with Crippen molar-refractivity contribution in [1.29, 1.82) is 0 Å². The van der Waals surface area contributed by atoms with Gasteiger partial charge in [-0.15, -0.1) is 0 Å². The number of rotatable bonds is 7. The van der Waals surface area contributed by atoms with Crippen molar-refractivity contribution in [1.82, 2.24) is 0 Å². The third kappa shape index (κ3) is 4.36. The third-order valence-corrected chi connectivity index (χ3v) is 4.41. The highest BCUT2D eigenvalue weighted by Crippen LogP contribution is 2.28. The van der Waals surface area contributed by atoms with E-state index in [0.717, 1.165) is 36.0 Å². The van der Waals surface area contributed by atoms with Crippen molar-refractivity contribution < 1.29 is 9.53 Å². The second-order valence-electron chi connectivity index (χ2n) is 6.08. The van der Waals surface area contributed by atoms with Gasteiger partial charge in [0.05, 0.1) is 7.11 Å². The van der Waals surface area contributed by atoms with E-state index in [1.54, 1.807) is 7.11 Å². The smallest absolute Gasteiger partial charge is 0.124 e.